The zero-order valence-electron chi connectivity index (χ0n) is 26.1. The van der Waals surface area contributed by atoms with Gasteiger partial charge in [-0.2, -0.15) is 5.26 Å². The van der Waals surface area contributed by atoms with E-state index in [-0.39, 0.29) is 6.17 Å². The minimum absolute atomic E-state index is 0.246. The number of nitriles is 1. The van der Waals surface area contributed by atoms with Crippen LogP contribution in [-0.2, 0) is 0 Å². The average molecular weight is 615 g/mol. The second-order valence-electron chi connectivity index (χ2n) is 11.8. The molecule has 4 heteroatoms. The zero-order chi connectivity index (χ0) is 32.3. The fraction of sp³-hybridized carbons (Fsp3) is 0.0227. The minimum atomic E-state index is -0.246. The molecular weight excluding hydrogens is 585 g/mol. The maximum Gasteiger partial charge on any atom is 0.159 e. The first-order valence-electron chi connectivity index (χ1n) is 16.0. The summed E-state index contributed by atoms with van der Waals surface area (Å²) in [5, 5.41) is 15.2. The fourth-order valence-corrected chi connectivity index (χ4v) is 6.34. The number of hydrogen-bond donors (Lipinski definition) is 1. The van der Waals surface area contributed by atoms with Crippen LogP contribution < -0.4 is 5.32 Å². The molecule has 1 unspecified atom stereocenters. The molecule has 7 aromatic carbocycles. The van der Waals surface area contributed by atoms with Crippen LogP contribution in [-0.4, -0.2) is 11.7 Å². The van der Waals surface area contributed by atoms with Crippen molar-refractivity contribution in [2.24, 2.45) is 9.98 Å². The van der Waals surface area contributed by atoms with Crippen molar-refractivity contribution in [1.29, 1.82) is 5.26 Å². The van der Waals surface area contributed by atoms with Crippen LogP contribution in [0.15, 0.2) is 180 Å². The van der Waals surface area contributed by atoms with Gasteiger partial charge >= 0.3 is 0 Å². The normalized spacial score (nSPS) is 14.0. The van der Waals surface area contributed by atoms with E-state index in [1.54, 1.807) is 0 Å². The van der Waals surface area contributed by atoms with Crippen molar-refractivity contribution in [1.82, 2.24) is 5.32 Å². The quantitative estimate of drug-likeness (QED) is 0.203. The number of nitrogens with zero attached hydrogens (tertiary/aromatic N) is 3. The molecule has 7 aromatic rings. The maximum absolute atomic E-state index is 9.27. The first-order chi connectivity index (χ1) is 23.7. The Morgan fingerprint density at radius 3 is 1.94 bits per heavy atom. The molecule has 1 aliphatic rings. The Morgan fingerprint density at radius 1 is 0.521 bits per heavy atom. The second kappa shape index (κ2) is 12.7. The van der Waals surface area contributed by atoms with Crippen LogP contribution >= 0.6 is 0 Å². The number of aliphatic imine (C=N–C) groups is 2. The van der Waals surface area contributed by atoms with Gasteiger partial charge in [0, 0.05) is 11.1 Å². The number of rotatable bonds is 6. The summed E-state index contributed by atoms with van der Waals surface area (Å²) in [4.78, 5) is 10.0. The Balaban J connectivity index is 1.21. The van der Waals surface area contributed by atoms with Crippen LogP contribution in [0.4, 0.5) is 0 Å². The van der Waals surface area contributed by atoms with Gasteiger partial charge in [0.15, 0.2) is 5.84 Å². The van der Waals surface area contributed by atoms with E-state index in [9.17, 15) is 5.26 Å². The first kappa shape index (κ1) is 28.9. The summed E-state index contributed by atoms with van der Waals surface area (Å²) in [5.41, 5.74) is 10.5. The van der Waals surface area contributed by atoms with E-state index in [1.165, 1.54) is 16.3 Å². The number of fused-ring (bicyclic) bond motifs is 1. The summed E-state index contributed by atoms with van der Waals surface area (Å²) in [6.45, 7) is 0. The van der Waals surface area contributed by atoms with Gasteiger partial charge in [0.1, 0.15) is 12.0 Å². The standard InChI is InChI=1S/C44H30N4/c45-29-30-18-20-31(21-19-30)37-15-9-16-38(28-37)41-39-17-8-7-10-32(39)26-27-40(41)33-22-24-36(25-23-33)44-47-42(34-11-3-1-4-12-34)46-43(48-44)35-13-5-2-6-14-35/h1-28,42H,(H,46,47,48). The summed E-state index contributed by atoms with van der Waals surface area (Å²) < 4.78 is 0. The highest BCUT2D eigenvalue weighted by atomic mass is 15.2. The van der Waals surface area contributed by atoms with Crippen molar-refractivity contribution < 1.29 is 0 Å². The molecular formula is C44H30N4. The Morgan fingerprint density at radius 2 is 1.17 bits per heavy atom. The van der Waals surface area contributed by atoms with Crippen molar-refractivity contribution in [2.45, 2.75) is 6.17 Å². The molecule has 0 fully saturated rings. The van der Waals surface area contributed by atoms with Gasteiger partial charge in [0.25, 0.3) is 0 Å². The summed E-state index contributed by atoms with van der Waals surface area (Å²) in [6, 6.07) is 60.7. The van der Waals surface area contributed by atoms with Crippen LogP contribution in [0.5, 0.6) is 0 Å². The van der Waals surface area contributed by atoms with E-state index in [4.69, 9.17) is 9.98 Å². The Labute approximate surface area is 280 Å². The van der Waals surface area contributed by atoms with E-state index in [1.807, 2.05) is 60.7 Å². The molecule has 8 rings (SSSR count). The number of hydrogen-bond acceptors (Lipinski definition) is 4. The van der Waals surface area contributed by atoms with Gasteiger partial charge in [-0.3, -0.25) is 0 Å². The second-order valence-corrected chi connectivity index (χ2v) is 11.8. The third kappa shape index (κ3) is 5.66. The Hall–Kier alpha value is -6.57. The molecule has 48 heavy (non-hydrogen) atoms. The van der Waals surface area contributed by atoms with Gasteiger partial charge in [-0.05, 0) is 67.9 Å². The van der Waals surface area contributed by atoms with Gasteiger partial charge in [0.2, 0.25) is 0 Å². The van der Waals surface area contributed by atoms with Gasteiger partial charge < -0.3 is 5.32 Å². The Bertz CT molecular complexity index is 2350. The molecule has 0 spiro atoms. The SMILES string of the molecule is N#Cc1ccc(-c2cccc(-c3c(-c4ccc(C5=NC(c6ccccc6)NC(c6ccccc6)=N5)cc4)ccc4ccccc34)c2)cc1. The summed E-state index contributed by atoms with van der Waals surface area (Å²) in [6.07, 6.45) is -0.246. The molecule has 0 bridgehead atoms. The molecule has 0 amide bonds. The molecule has 1 N–H and O–H groups in total. The van der Waals surface area contributed by atoms with Crippen LogP contribution in [0.3, 0.4) is 0 Å². The van der Waals surface area contributed by atoms with Crippen LogP contribution in [0.1, 0.15) is 28.4 Å². The zero-order valence-corrected chi connectivity index (χ0v) is 26.1. The van der Waals surface area contributed by atoms with E-state index in [0.29, 0.717) is 11.4 Å². The molecule has 4 nitrogen and oxygen atoms in total. The lowest BCUT2D eigenvalue weighted by molar-refractivity contribution is 0.674. The number of nitrogens with one attached hydrogen (secondary N) is 1. The van der Waals surface area contributed by atoms with Gasteiger partial charge in [-0.25, -0.2) is 9.98 Å². The first-order valence-corrected chi connectivity index (χ1v) is 16.0. The van der Waals surface area contributed by atoms with Gasteiger partial charge in [0.05, 0.1) is 11.6 Å². The fourth-order valence-electron chi connectivity index (χ4n) is 6.34. The molecule has 0 saturated carbocycles. The third-order valence-corrected chi connectivity index (χ3v) is 8.79. The van der Waals surface area contributed by atoms with Crippen molar-refractivity contribution in [3.63, 3.8) is 0 Å². The highest BCUT2D eigenvalue weighted by Gasteiger charge is 2.21. The monoisotopic (exact) mass is 614 g/mol. The Kier molecular flexibility index (Phi) is 7.62. The van der Waals surface area contributed by atoms with Crippen LogP contribution in [0.2, 0.25) is 0 Å². The van der Waals surface area contributed by atoms with E-state index < -0.39 is 0 Å². The molecule has 226 valence electrons. The van der Waals surface area contributed by atoms with Crippen molar-refractivity contribution >= 4 is 22.4 Å². The smallest absolute Gasteiger partial charge is 0.159 e. The molecule has 1 heterocycles. The molecule has 0 aliphatic carbocycles. The maximum atomic E-state index is 9.27. The van der Waals surface area contributed by atoms with Crippen LogP contribution in [0, 0.1) is 11.3 Å². The lowest BCUT2D eigenvalue weighted by atomic mass is 9.88. The van der Waals surface area contributed by atoms with Crippen LogP contribution in [0.25, 0.3) is 44.2 Å². The van der Waals surface area contributed by atoms with Crippen molar-refractivity contribution in [3.8, 4) is 39.4 Å². The molecule has 0 aromatic heterocycles. The summed E-state index contributed by atoms with van der Waals surface area (Å²) in [5.74, 6) is 1.50. The van der Waals surface area contributed by atoms with Gasteiger partial charge in [-0.1, -0.05) is 152 Å². The summed E-state index contributed by atoms with van der Waals surface area (Å²) >= 11 is 0. The number of benzene rings is 7. The van der Waals surface area contributed by atoms with Crippen molar-refractivity contribution in [2.75, 3.05) is 0 Å². The third-order valence-electron chi connectivity index (χ3n) is 8.79. The topological polar surface area (TPSA) is 60.5 Å². The largest absolute Gasteiger partial charge is 0.344 e. The lowest BCUT2D eigenvalue weighted by Crippen LogP contribution is -2.33. The summed E-state index contributed by atoms with van der Waals surface area (Å²) in [7, 11) is 0. The van der Waals surface area contributed by atoms with Crippen molar-refractivity contribution in [3.05, 3.63) is 192 Å². The number of amidine groups is 2. The molecule has 1 aliphatic heterocycles. The minimum Gasteiger partial charge on any atom is -0.344 e. The van der Waals surface area contributed by atoms with E-state index >= 15 is 0 Å². The highest BCUT2D eigenvalue weighted by molar-refractivity contribution is 6.13. The predicted octanol–water partition coefficient (Wildman–Crippen LogP) is 10.2. The average Bonchev–Trinajstić information content (AvgIpc) is 3.18. The van der Waals surface area contributed by atoms with Gasteiger partial charge in [-0.15, -0.1) is 0 Å². The molecule has 1 atom stereocenters. The lowest BCUT2D eigenvalue weighted by Gasteiger charge is -2.23. The van der Waals surface area contributed by atoms with E-state index in [2.05, 4.69) is 121 Å². The predicted molar refractivity (Wildman–Crippen MR) is 197 cm³/mol. The molecule has 0 radical (unpaired) electrons. The molecule has 0 saturated heterocycles. The van der Waals surface area contributed by atoms with E-state index in [0.717, 1.165) is 50.3 Å². The highest BCUT2D eigenvalue weighted by Crippen LogP contribution is 2.39.